The molecule has 5 heteroatoms. The van der Waals surface area contributed by atoms with Crippen LogP contribution >= 0.6 is 0 Å². The van der Waals surface area contributed by atoms with Gasteiger partial charge in [0.1, 0.15) is 24.3 Å². The summed E-state index contributed by atoms with van der Waals surface area (Å²) in [5.74, 6) is 0.482. The van der Waals surface area contributed by atoms with Gasteiger partial charge in [0.15, 0.2) is 0 Å². The highest BCUT2D eigenvalue weighted by Crippen LogP contribution is 2.11. The lowest BCUT2D eigenvalue weighted by atomic mass is 10.1. The summed E-state index contributed by atoms with van der Waals surface area (Å²) in [6.07, 6.45) is -0.683. The molecule has 0 aliphatic carbocycles. The van der Waals surface area contributed by atoms with E-state index in [4.69, 9.17) is 9.84 Å². The molecule has 0 saturated heterocycles. The van der Waals surface area contributed by atoms with Crippen LogP contribution in [-0.4, -0.2) is 42.1 Å². The van der Waals surface area contributed by atoms with Crippen LogP contribution in [0.4, 0.5) is 4.39 Å². The van der Waals surface area contributed by atoms with E-state index < -0.39 is 6.10 Å². The number of hydrogen-bond donors (Lipinski definition) is 3. The third-order valence-corrected chi connectivity index (χ3v) is 2.87. The van der Waals surface area contributed by atoms with E-state index in [0.717, 1.165) is 0 Å². The molecule has 0 fully saturated rings. The second-order valence-electron chi connectivity index (χ2n) is 4.86. The van der Waals surface area contributed by atoms with Gasteiger partial charge in [-0.3, -0.25) is 0 Å². The summed E-state index contributed by atoms with van der Waals surface area (Å²) in [7, 11) is 0. The van der Waals surface area contributed by atoms with Gasteiger partial charge in [-0.15, -0.1) is 0 Å². The van der Waals surface area contributed by atoms with Crippen LogP contribution in [0, 0.1) is 11.7 Å². The molecular weight excluding hydrogens is 249 g/mol. The quantitative estimate of drug-likeness (QED) is 0.664. The minimum Gasteiger partial charge on any atom is -0.491 e. The maximum absolute atomic E-state index is 12.7. The smallest absolute Gasteiger partial charge is 0.123 e. The predicted molar refractivity (Wildman–Crippen MR) is 71.6 cm³/mol. The first kappa shape index (κ1) is 15.9. The first-order valence-corrected chi connectivity index (χ1v) is 6.43. The predicted octanol–water partition coefficient (Wildman–Crippen LogP) is 1.17. The molecule has 2 atom stereocenters. The Morgan fingerprint density at radius 3 is 2.42 bits per heavy atom. The number of halogens is 1. The van der Waals surface area contributed by atoms with Crippen molar-refractivity contribution < 1.29 is 19.3 Å². The molecule has 0 heterocycles. The third-order valence-electron chi connectivity index (χ3n) is 2.87. The van der Waals surface area contributed by atoms with Crippen molar-refractivity contribution in [1.82, 2.24) is 5.32 Å². The van der Waals surface area contributed by atoms with Gasteiger partial charge < -0.3 is 20.3 Å². The summed E-state index contributed by atoms with van der Waals surface area (Å²) < 4.78 is 18.0. The van der Waals surface area contributed by atoms with Gasteiger partial charge in [-0.2, -0.15) is 0 Å². The van der Waals surface area contributed by atoms with Crippen LogP contribution in [0.1, 0.15) is 13.8 Å². The molecule has 1 aromatic rings. The molecule has 2 unspecified atom stereocenters. The van der Waals surface area contributed by atoms with E-state index in [1.807, 2.05) is 13.8 Å². The SMILES string of the molecule is CC(C)C(CO)NCC(O)COc1ccc(F)cc1. The molecule has 0 spiro atoms. The second kappa shape index (κ2) is 8.09. The lowest BCUT2D eigenvalue weighted by molar-refractivity contribution is 0.0961. The van der Waals surface area contributed by atoms with E-state index in [1.165, 1.54) is 24.3 Å². The maximum atomic E-state index is 12.7. The van der Waals surface area contributed by atoms with E-state index in [9.17, 15) is 9.50 Å². The third kappa shape index (κ3) is 6.00. The number of aliphatic hydroxyl groups is 2. The molecule has 19 heavy (non-hydrogen) atoms. The molecule has 0 bridgehead atoms. The second-order valence-corrected chi connectivity index (χ2v) is 4.86. The zero-order valence-corrected chi connectivity index (χ0v) is 11.3. The van der Waals surface area contributed by atoms with Crippen LogP contribution in [0.3, 0.4) is 0 Å². The fraction of sp³-hybridized carbons (Fsp3) is 0.571. The number of benzene rings is 1. The van der Waals surface area contributed by atoms with E-state index in [0.29, 0.717) is 12.3 Å². The summed E-state index contributed by atoms with van der Waals surface area (Å²) >= 11 is 0. The van der Waals surface area contributed by atoms with Crippen molar-refractivity contribution in [3.63, 3.8) is 0 Å². The van der Waals surface area contributed by atoms with Gasteiger partial charge in [-0.25, -0.2) is 4.39 Å². The van der Waals surface area contributed by atoms with Gasteiger partial charge in [0.25, 0.3) is 0 Å². The Balaban J connectivity index is 2.27. The number of ether oxygens (including phenoxy) is 1. The van der Waals surface area contributed by atoms with Crippen molar-refractivity contribution in [2.24, 2.45) is 5.92 Å². The molecule has 0 amide bonds. The van der Waals surface area contributed by atoms with Gasteiger partial charge in [-0.1, -0.05) is 13.8 Å². The van der Waals surface area contributed by atoms with Crippen LogP contribution in [0.15, 0.2) is 24.3 Å². The topological polar surface area (TPSA) is 61.7 Å². The van der Waals surface area contributed by atoms with Crippen LogP contribution in [0.2, 0.25) is 0 Å². The standard InChI is InChI=1S/C14H22FNO3/c1-10(2)14(8-17)16-7-12(18)9-19-13-5-3-11(15)4-6-13/h3-6,10,12,14,16-18H,7-9H2,1-2H3. The minimum absolute atomic E-state index is 0.0310. The lowest BCUT2D eigenvalue weighted by Gasteiger charge is -2.22. The molecule has 1 rings (SSSR count). The summed E-state index contributed by atoms with van der Waals surface area (Å²) in [6, 6.07) is 5.60. The molecule has 0 aromatic heterocycles. The van der Waals surface area contributed by atoms with Crippen molar-refractivity contribution in [2.75, 3.05) is 19.8 Å². The molecule has 0 saturated carbocycles. The Morgan fingerprint density at radius 1 is 1.26 bits per heavy atom. The summed E-state index contributed by atoms with van der Waals surface area (Å²) in [5.41, 5.74) is 0. The van der Waals surface area contributed by atoms with Gasteiger partial charge in [0.05, 0.1) is 6.61 Å². The highest BCUT2D eigenvalue weighted by Gasteiger charge is 2.13. The zero-order valence-electron chi connectivity index (χ0n) is 11.3. The largest absolute Gasteiger partial charge is 0.491 e. The molecule has 3 N–H and O–H groups in total. The van der Waals surface area contributed by atoms with E-state index in [1.54, 1.807) is 0 Å². The Morgan fingerprint density at radius 2 is 1.89 bits per heavy atom. The van der Waals surface area contributed by atoms with Gasteiger partial charge in [0.2, 0.25) is 0 Å². The molecule has 4 nitrogen and oxygen atoms in total. The minimum atomic E-state index is -0.683. The van der Waals surface area contributed by atoms with E-state index in [2.05, 4.69) is 5.32 Å². The average Bonchev–Trinajstić information content (AvgIpc) is 2.38. The molecule has 0 radical (unpaired) electrons. The Kier molecular flexibility index (Phi) is 6.77. The first-order chi connectivity index (χ1) is 9.02. The highest BCUT2D eigenvalue weighted by atomic mass is 19.1. The van der Waals surface area contributed by atoms with E-state index >= 15 is 0 Å². The molecule has 0 aliphatic heterocycles. The Labute approximate surface area is 113 Å². The molecular formula is C14H22FNO3. The molecule has 108 valence electrons. The molecule has 1 aromatic carbocycles. The monoisotopic (exact) mass is 271 g/mol. The van der Waals surface area contributed by atoms with Crippen LogP contribution in [0.5, 0.6) is 5.75 Å². The average molecular weight is 271 g/mol. The summed E-state index contributed by atoms with van der Waals surface area (Å²) in [5, 5.41) is 22.0. The Bertz CT molecular complexity index is 356. The summed E-state index contributed by atoms with van der Waals surface area (Å²) in [6.45, 7) is 4.48. The van der Waals surface area contributed by atoms with Crippen molar-refractivity contribution in [3.8, 4) is 5.75 Å². The normalized spacial score (nSPS) is 14.4. The van der Waals surface area contributed by atoms with Crippen LogP contribution in [0.25, 0.3) is 0 Å². The zero-order chi connectivity index (χ0) is 14.3. The lowest BCUT2D eigenvalue weighted by Crippen LogP contribution is -2.42. The number of nitrogens with one attached hydrogen (secondary N) is 1. The fourth-order valence-electron chi connectivity index (χ4n) is 1.58. The van der Waals surface area contributed by atoms with Gasteiger partial charge in [-0.05, 0) is 30.2 Å². The van der Waals surface area contributed by atoms with Crippen molar-refractivity contribution in [3.05, 3.63) is 30.1 Å². The fourth-order valence-corrected chi connectivity index (χ4v) is 1.58. The van der Waals surface area contributed by atoms with Crippen LogP contribution < -0.4 is 10.1 Å². The van der Waals surface area contributed by atoms with Crippen molar-refractivity contribution >= 4 is 0 Å². The first-order valence-electron chi connectivity index (χ1n) is 6.43. The van der Waals surface area contributed by atoms with Gasteiger partial charge in [0, 0.05) is 12.6 Å². The Hall–Kier alpha value is -1.17. The van der Waals surface area contributed by atoms with E-state index in [-0.39, 0.29) is 31.0 Å². The molecule has 0 aliphatic rings. The number of rotatable bonds is 8. The number of hydrogen-bond acceptors (Lipinski definition) is 4. The van der Waals surface area contributed by atoms with Crippen LogP contribution in [-0.2, 0) is 0 Å². The summed E-state index contributed by atoms with van der Waals surface area (Å²) in [4.78, 5) is 0. The van der Waals surface area contributed by atoms with Gasteiger partial charge >= 0.3 is 0 Å². The maximum Gasteiger partial charge on any atom is 0.123 e. The van der Waals surface area contributed by atoms with Crippen molar-refractivity contribution in [1.29, 1.82) is 0 Å². The highest BCUT2D eigenvalue weighted by molar-refractivity contribution is 5.22. The van der Waals surface area contributed by atoms with Crippen molar-refractivity contribution in [2.45, 2.75) is 26.0 Å². The number of aliphatic hydroxyl groups excluding tert-OH is 2.